The van der Waals surface area contributed by atoms with Crippen molar-refractivity contribution >= 4 is 5.91 Å². The van der Waals surface area contributed by atoms with Gasteiger partial charge in [0.2, 0.25) is 0 Å². The molecule has 2 aliphatic rings. The van der Waals surface area contributed by atoms with Crippen molar-refractivity contribution in [3.05, 3.63) is 65.7 Å². The molecule has 2 saturated heterocycles. The zero-order valence-corrected chi connectivity index (χ0v) is 17.0. The van der Waals surface area contributed by atoms with Gasteiger partial charge in [-0.15, -0.1) is 0 Å². The van der Waals surface area contributed by atoms with Crippen molar-refractivity contribution in [2.45, 2.75) is 25.4 Å². The van der Waals surface area contributed by atoms with Crippen molar-refractivity contribution in [2.75, 3.05) is 45.9 Å². The highest BCUT2D eigenvalue weighted by Gasteiger charge is 2.22. The third kappa shape index (κ3) is 5.58. The van der Waals surface area contributed by atoms with Crippen LogP contribution in [-0.2, 0) is 11.2 Å². The van der Waals surface area contributed by atoms with E-state index >= 15 is 0 Å². The lowest BCUT2D eigenvalue weighted by atomic mass is 10.1. The van der Waals surface area contributed by atoms with Gasteiger partial charge in [0.25, 0.3) is 5.91 Å². The molecule has 154 valence electrons. The van der Waals surface area contributed by atoms with Crippen molar-refractivity contribution < 1.29 is 14.3 Å². The van der Waals surface area contributed by atoms with Crippen molar-refractivity contribution in [1.29, 1.82) is 0 Å². The minimum atomic E-state index is 0.0928. The first-order valence-corrected chi connectivity index (χ1v) is 10.7. The molecule has 2 aromatic rings. The minimum absolute atomic E-state index is 0.0928. The molecule has 0 N–H and O–H groups in total. The summed E-state index contributed by atoms with van der Waals surface area (Å²) in [5.41, 5.74) is 2.07. The molecule has 0 radical (unpaired) electrons. The molecule has 0 saturated carbocycles. The van der Waals surface area contributed by atoms with Crippen LogP contribution < -0.4 is 4.74 Å². The lowest BCUT2D eigenvalue weighted by Crippen LogP contribution is -2.49. The van der Waals surface area contributed by atoms with Gasteiger partial charge >= 0.3 is 0 Å². The largest absolute Gasteiger partial charge is 0.491 e. The van der Waals surface area contributed by atoms with Crippen LogP contribution in [0.2, 0.25) is 0 Å². The molecule has 2 aromatic carbocycles. The summed E-state index contributed by atoms with van der Waals surface area (Å²) in [7, 11) is 0. The number of carbonyl (C=O) groups excluding carboxylic acids is 1. The van der Waals surface area contributed by atoms with Gasteiger partial charge < -0.3 is 14.4 Å². The predicted octanol–water partition coefficient (Wildman–Crippen LogP) is 3.24. The molecule has 5 nitrogen and oxygen atoms in total. The van der Waals surface area contributed by atoms with E-state index in [2.05, 4.69) is 35.2 Å². The van der Waals surface area contributed by atoms with E-state index in [0.717, 1.165) is 64.3 Å². The topological polar surface area (TPSA) is 42.0 Å². The molecular formula is C24H30N2O3. The number of hydrogen-bond acceptors (Lipinski definition) is 4. The lowest BCUT2D eigenvalue weighted by Gasteiger charge is -2.34. The monoisotopic (exact) mass is 394 g/mol. The van der Waals surface area contributed by atoms with Crippen molar-refractivity contribution in [3.8, 4) is 5.75 Å². The first-order valence-electron chi connectivity index (χ1n) is 10.7. The Bertz CT molecular complexity index is 782. The standard InChI is InChI=1S/C24H30N2O3/c27-24(21-8-4-9-22(18-21)29-19-23-10-5-17-28-23)26-15-13-25(14-16-26)12-11-20-6-2-1-3-7-20/h1-4,6-9,18,23H,5,10-17,19H2. The molecule has 0 spiro atoms. The molecule has 29 heavy (non-hydrogen) atoms. The first-order chi connectivity index (χ1) is 14.3. The summed E-state index contributed by atoms with van der Waals surface area (Å²) in [6, 6.07) is 18.1. The van der Waals surface area contributed by atoms with Crippen LogP contribution in [0.4, 0.5) is 0 Å². The molecule has 0 bridgehead atoms. The third-order valence-corrected chi connectivity index (χ3v) is 5.76. The molecule has 0 aromatic heterocycles. The van der Waals surface area contributed by atoms with Crippen LogP contribution in [0, 0.1) is 0 Å². The second-order valence-corrected chi connectivity index (χ2v) is 7.84. The van der Waals surface area contributed by atoms with E-state index in [1.165, 1.54) is 5.56 Å². The molecule has 0 aliphatic carbocycles. The maximum absolute atomic E-state index is 12.9. The van der Waals surface area contributed by atoms with Crippen LogP contribution in [0.15, 0.2) is 54.6 Å². The number of carbonyl (C=O) groups is 1. The summed E-state index contributed by atoms with van der Waals surface area (Å²) in [6.07, 6.45) is 3.38. The normalized spacial score (nSPS) is 20.0. The number of benzene rings is 2. The highest BCUT2D eigenvalue weighted by Crippen LogP contribution is 2.19. The van der Waals surface area contributed by atoms with Crippen LogP contribution in [0.25, 0.3) is 0 Å². The fourth-order valence-electron chi connectivity index (χ4n) is 3.97. The number of nitrogens with zero attached hydrogens (tertiary/aromatic N) is 2. The van der Waals surface area contributed by atoms with Gasteiger partial charge in [0.15, 0.2) is 0 Å². The maximum atomic E-state index is 12.9. The average molecular weight is 395 g/mol. The Kier molecular flexibility index (Phi) is 6.80. The molecule has 2 heterocycles. The quantitative estimate of drug-likeness (QED) is 0.723. The molecule has 1 amide bonds. The van der Waals surface area contributed by atoms with Gasteiger partial charge in [-0.2, -0.15) is 0 Å². The third-order valence-electron chi connectivity index (χ3n) is 5.76. The SMILES string of the molecule is O=C(c1cccc(OCC2CCCO2)c1)N1CCN(CCc2ccccc2)CC1. The lowest BCUT2D eigenvalue weighted by molar-refractivity contribution is 0.0634. The number of ether oxygens (including phenoxy) is 2. The van der Waals surface area contributed by atoms with Crippen molar-refractivity contribution in [2.24, 2.45) is 0 Å². The van der Waals surface area contributed by atoms with Gasteiger partial charge in [-0.25, -0.2) is 0 Å². The fourth-order valence-corrected chi connectivity index (χ4v) is 3.97. The van der Waals surface area contributed by atoms with Crippen LogP contribution in [0.5, 0.6) is 5.75 Å². The van der Waals surface area contributed by atoms with E-state index in [4.69, 9.17) is 9.47 Å². The Balaban J connectivity index is 1.25. The Morgan fingerprint density at radius 3 is 2.62 bits per heavy atom. The molecular weight excluding hydrogens is 364 g/mol. The highest BCUT2D eigenvalue weighted by molar-refractivity contribution is 5.94. The van der Waals surface area contributed by atoms with Gasteiger partial charge in [0.1, 0.15) is 12.4 Å². The van der Waals surface area contributed by atoms with Crippen LogP contribution in [0.1, 0.15) is 28.8 Å². The second-order valence-electron chi connectivity index (χ2n) is 7.84. The Hall–Kier alpha value is -2.37. The van der Waals surface area contributed by atoms with Gasteiger partial charge in [0.05, 0.1) is 6.10 Å². The minimum Gasteiger partial charge on any atom is -0.491 e. The van der Waals surface area contributed by atoms with E-state index < -0.39 is 0 Å². The summed E-state index contributed by atoms with van der Waals surface area (Å²) in [5, 5.41) is 0. The maximum Gasteiger partial charge on any atom is 0.254 e. The average Bonchev–Trinajstić information content (AvgIpc) is 3.31. The summed E-state index contributed by atoms with van der Waals surface area (Å²) in [5.74, 6) is 0.836. The summed E-state index contributed by atoms with van der Waals surface area (Å²) in [4.78, 5) is 17.3. The molecule has 1 atom stereocenters. The van der Waals surface area contributed by atoms with Crippen molar-refractivity contribution in [3.63, 3.8) is 0 Å². The Labute approximate surface area is 173 Å². The zero-order chi connectivity index (χ0) is 19.9. The smallest absolute Gasteiger partial charge is 0.254 e. The molecule has 4 rings (SSSR count). The van der Waals surface area contributed by atoms with Crippen molar-refractivity contribution in [1.82, 2.24) is 9.80 Å². The number of piperazine rings is 1. The summed E-state index contributed by atoms with van der Waals surface area (Å²) >= 11 is 0. The van der Waals surface area contributed by atoms with Gasteiger partial charge in [-0.1, -0.05) is 36.4 Å². The van der Waals surface area contributed by atoms with E-state index in [0.29, 0.717) is 12.2 Å². The Morgan fingerprint density at radius 1 is 1.03 bits per heavy atom. The Morgan fingerprint density at radius 2 is 1.86 bits per heavy atom. The van der Waals surface area contributed by atoms with E-state index in [1.54, 1.807) is 0 Å². The van der Waals surface area contributed by atoms with Gasteiger partial charge in [-0.3, -0.25) is 9.69 Å². The highest BCUT2D eigenvalue weighted by atomic mass is 16.5. The van der Waals surface area contributed by atoms with Gasteiger partial charge in [-0.05, 0) is 43.0 Å². The van der Waals surface area contributed by atoms with E-state index in [-0.39, 0.29) is 12.0 Å². The molecule has 2 fully saturated rings. The van der Waals surface area contributed by atoms with Crippen LogP contribution in [0.3, 0.4) is 0 Å². The summed E-state index contributed by atoms with van der Waals surface area (Å²) < 4.78 is 11.5. The molecule has 1 unspecified atom stereocenters. The zero-order valence-electron chi connectivity index (χ0n) is 17.0. The predicted molar refractivity (Wildman–Crippen MR) is 113 cm³/mol. The number of hydrogen-bond donors (Lipinski definition) is 0. The second kappa shape index (κ2) is 9.90. The van der Waals surface area contributed by atoms with Crippen LogP contribution >= 0.6 is 0 Å². The van der Waals surface area contributed by atoms with Crippen LogP contribution in [-0.4, -0.2) is 67.7 Å². The first kappa shape index (κ1) is 19.9. The summed E-state index contributed by atoms with van der Waals surface area (Å²) in [6.45, 7) is 5.81. The number of amides is 1. The molecule has 2 aliphatic heterocycles. The molecule has 5 heteroatoms. The van der Waals surface area contributed by atoms with E-state index in [1.807, 2.05) is 29.2 Å². The van der Waals surface area contributed by atoms with Gasteiger partial charge in [0, 0.05) is 44.9 Å². The van der Waals surface area contributed by atoms with E-state index in [9.17, 15) is 4.79 Å². The number of rotatable bonds is 7. The fraction of sp³-hybridized carbons (Fsp3) is 0.458.